The van der Waals surface area contributed by atoms with Gasteiger partial charge in [-0.25, -0.2) is 0 Å². The topological polar surface area (TPSA) is 73.6 Å². The zero-order valence-corrected chi connectivity index (χ0v) is 11.1. The Kier molecular flexibility index (Phi) is 4.63. The van der Waals surface area contributed by atoms with Crippen LogP contribution in [0.15, 0.2) is 18.2 Å². The predicted molar refractivity (Wildman–Crippen MR) is 72.8 cm³/mol. The van der Waals surface area contributed by atoms with Crippen molar-refractivity contribution in [2.75, 3.05) is 19.5 Å². The van der Waals surface area contributed by atoms with Crippen LogP contribution < -0.4 is 15.8 Å². The van der Waals surface area contributed by atoms with E-state index < -0.39 is 0 Å². The molecule has 1 atom stereocenters. The van der Waals surface area contributed by atoms with Crippen molar-refractivity contribution in [1.29, 1.82) is 0 Å². The summed E-state index contributed by atoms with van der Waals surface area (Å²) in [6.45, 7) is 1.24. The molecule has 0 spiro atoms. The highest BCUT2D eigenvalue weighted by Crippen LogP contribution is 2.21. The predicted octanol–water partition coefficient (Wildman–Crippen LogP) is 1.46. The molecule has 1 aromatic rings. The summed E-state index contributed by atoms with van der Waals surface area (Å²) in [5.74, 6) is 0.663. The van der Waals surface area contributed by atoms with Gasteiger partial charge in [-0.15, -0.1) is 0 Å². The molecule has 1 unspecified atom stereocenters. The first kappa shape index (κ1) is 13.7. The SMILES string of the molecule is COc1ccc(CNC(=O)CC2CCCO2)cc1N. The lowest BCUT2D eigenvalue weighted by Crippen LogP contribution is -2.26. The first-order chi connectivity index (χ1) is 9.19. The Balaban J connectivity index is 1.81. The molecule has 104 valence electrons. The van der Waals surface area contributed by atoms with Crippen LogP contribution in [0.2, 0.25) is 0 Å². The maximum Gasteiger partial charge on any atom is 0.222 e. The molecule has 1 amide bonds. The minimum absolute atomic E-state index is 0.0151. The van der Waals surface area contributed by atoms with Gasteiger partial charge in [0.15, 0.2) is 0 Å². The number of carbonyl (C=O) groups is 1. The van der Waals surface area contributed by atoms with E-state index in [9.17, 15) is 4.79 Å². The van der Waals surface area contributed by atoms with Crippen molar-refractivity contribution in [2.24, 2.45) is 0 Å². The Hall–Kier alpha value is -1.75. The van der Waals surface area contributed by atoms with E-state index in [0.717, 1.165) is 25.0 Å². The van der Waals surface area contributed by atoms with Crippen LogP contribution in [0, 0.1) is 0 Å². The highest BCUT2D eigenvalue weighted by atomic mass is 16.5. The number of nitrogen functional groups attached to an aromatic ring is 1. The van der Waals surface area contributed by atoms with E-state index in [1.54, 1.807) is 13.2 Å². The molecular weight excluding hydrogens is 244 g/mol. The molecule has 0 aromatic heterocycles. The van der Waals surface area contributed by atoms with E-state index in [2.05, 4.69) is 5.32 Å². The van der Waals surface area contributed by atoms with Crippen molar-refractivity contribution in [3.8, 4) is 5.75 Å². The highest BCUT2D eigenvalue weighted by molar-refractivity contribution is 5.76. The Morgan fingerprint density at radius 3 is 3.05 bits per heavy atom. The highest BCUT2D eigenvalue weighted by Gasteiger charge is 2.18. The third kappa shape index (κ3) is 3.86. The molecule has 1 aromatic carbocycles. The van der Waals surface area contributed by atoms with Gasteiger partial charge in [-0.1, -0.05) is 6.07 Å². The maximum atomic E-state index is 11.7. The number of nitrogens with two attached hydrogens (primary N) is 1. The number of benzene rings is 1. The van der Waals surface area contributed by atoms with Gasteiger partial charge in [0.05, 0.1) is 25.3 Å². The number of hydrogen-bond acceptors (Lipinski definition) is 4. The van der Waals surface area contributed by atoms with Crippen molar-refractivity contribution in [1.82, 2.24) is 5.32 Å². The van der Waals surface area contributed by atoms with E-state index in [4.69, 9.17) is 15.2 Å². The third-order valence-electron chi connectivity index (χ3n) is 3.22. The second-order valence-electron chi connectivity index (χ2n) is 4.69. The molecule has 0 radical (unpaired) electrons. The Morgan fingerprint density at radius 1 is 1.58 bits per heavy atom. The van der Waals surface area contributed by atoms with Crippen LogP contribution in [0.5, 0.6) is 5.75 Å². The number of rotatable bonds is 5. The average molecular weight is 264 g/mol. The van der Waals surface area contributed by atoms with Gasteiger partial charge in [-0.05, 0) is 30.5 Å². The molecule has 1 saturated heterocycles. The fraction of sp³-hybridized carbons (Fsp3) is 0.500. The maximum absolute atomic E-state index is 11.7. The quantitative estimate of drug-likeness (QED) is 0.790. The summed E-state index contributed by atoms with van der Waals surface area (Å²) in [6, 6.07) is 5.50. The standard InChI is InChI=1S/C14H20N2O3/c1-18-13-5-4-10(7-12(13)15)9-16-14(17)8-11-3-2-6-19-11/h4-5,7,11H,2-3,6,8-9,15H2,1H3,(H,16,17). The zero-order chi connectivity index (χ0) is 13.7. The van der Waals surface area contributed by atoms with Crippen molar-refractivity contribution in [3.63, 3.8) is 0 Å². The molecule has 0 bridgehead atoms. The number of carbonyl (C=O) groups excluding carboxylic acids is 1. The van der Waals surface area contributed by atoms with Crippen molar-refractivity contribution >= 4 is 11.6 Å². The summed E-state index contributed by atoms with van der Waals surface area (Å²) in [6.07, 6.45) is 2.54. The number of anilines is 1. The molecule has 2 rings (SSSR count). The fourth-order valence-corrected chi connectivity index (χ4v) is 2.18. The summed E-state index contributed by atoms with van der Waals surface area (Å²) in [5.41, 5.74) is 7.35. The van der Waals surface area contributed by atoms with Crippen molar-refractivity contribution < 1.29 is 14.3 Å². The summed E-state index contributed by atoms with van der Waals surface area (Å²) in [5, 5.41) is 2.88. The fourth-order valence-electron chi connectivity index (χ4n) is 2.18. The van der Waals surface area contributed by atoms with Gasteiger partial charge in [0.1, 0.15) is 5.75 Å². The molecule has 19 heavy (non-hydrogen) atoms. The van der Waals surface area contributed by atoms with Crippen LogP contribution in [0.1, 0.15) is 24.8 Å². The number of amides is 1. The minimum Gasteiger partial charge on any atom is -0.495 e. The normalized spacial score (nSPS) is 18.3. The summed E-state index contributed by atoms with van der Waals surface area (Å²) < 4.78 is 10.5. The largest absolute Gasteiger partial charge is 0.495 e. The molecule has 5 nitrogen and oxygen atoms in total. The zero-order valence-electron chi connectivity index (χ0n) is 11.1. The third-order valence-corrected chi connectivity index (χ3v) is 3.22. The molecule has 0 saturated carbocycles. The summed E-state index contributed by atoms with van der Waals surface area (Å²) in [7, 11) is 1.58. The van der Waals surface area contributed by atoms with E-state index in [0.29, 0.717) is 24.4 Å². The first-order valence-electron chi connectivity index (χ1n) is 6.49. The molecule has 0 aliphatic carbocycles. The lowest BCUT2D eigenvalue weighted by atomic mass is 10.1. The van der Waals surface area contributed by atoms with Gasteiger partial charge in [0.25, 0.3) is 0 Å². The molecular formula is C14H20N2O3. The van der Waals surface area contributed by atoms with Crippen LogP contribution >= 0.6 is 0 Å². The van der Waals surface area contributed by atoms with Crippen molar-refractivity contribution in [3.05, 3.63) is 23.8 Å². The van der Waals surface area contributed by atoms with Crippen LogP contribution in [-0.2, 0) is 16.1 Å². The number of hydrogen-bond donors (Lipinski definition) is 2. The first-order valence-corrected chi connectivity index (χ1v) is 6.49. The average Bonchev–Trinajstić information content (AvgIpc) is 2.89. The summed E-state index contributed by atoms with van der Waals surface area (Å²) in [4.78, 5) is 11.7. The lowest BCUT2D eigenvalue weighted by Gasteiger charge is -2.11. The Morgan fingerprint density at radius 2 is 2.42 bits per heavy atom. The van der Waals surface area contributed by atoms with Gasteiger partial charge in [-0.2, -0.15) is 0 Å². The molecule has 3 N–H and O–H groups in total. The van der Waals surface area contributed by atoms with Gasteiger partial charge in [0, 0.05) is 13.2 Å². The number of methoxy groups -OCH3 is 1. The van der Waals surface area contributed by atoms with Crippen LogP contribution in [0.4, 0.5) is 5.69 Å². The number of ether oxygens (including phenoxy) is 2. The Bertz CT molecular complexity index is 442. The van der Waals surface area contributed by atoms with E-state index in [1.165, 1.54) is 0 Å². The second-order valence-corrected chi connectivity index (χ2v) is 4.69. The van der Waals surface area contributed by atoms with Crippen LogP contribution in [0.25, 0.3) is 0 Å². The second kappa shape index (κ2) is 6.43. The molecule has 1 aliphatic rings. The minimum atomic E-state index is 0.0151. The van der Waals surface area contributed by atoms with Crippen LogP contribution in [-0.4, -0.2) is 25.7 Å². The molecule has 1 fully saturated rings. The summed E-state index contributed by atoms with van der Waals surface area (Å²) >= 11 is 0. The molecule has 5 heteroatoms. The Labute approximate surface area is 113 Å². The van der Waals surface area contributed by atoms with Crippen LogP contribution in [0.3, 0.4) is 0 Å². The smallest absolute Gasteiger partial charge is 0.222 e. The molecule has 1 aliphatic heterocycles. The van der Waals surface area contributed by atoms with Gasteiger partial charge in [0.2, 0.25) is 5.91 Å². The van der Waals surface area contributed by atoms with E-state index >= 15 is 0 Å². The monoisotopic (exact) mass is 264 g/mol. The van der Waals surface area contributed by atoms with E-state index in [1.807, 2.05) is 12.1 Å². The van der Waals surface area contributed by atoms with Crippen molar-refractivity contribution in [2.45, 2.75) is 31.9 Å². The van der Waals surface area contributed by atoms with Gasteiger partial charge >= 0.3 is 0 Å². The lowest BCUT2D eigenvalue weighted by molar-refractivity contribution is -0.123. The van der Waals surface area contributed by atoms with Gasteiger partial charge in [-0.3, -0.25) is 4.79 Å². The van der Waals surface area contributed by atoms with E-state index in [-0.39, 0.29) is 12.0 Å². The number of nitrogens with one attached hydrogen (secondary N) is 1. The van der Waals surface area contributed by atoms with Gasteiger partial charge < -0.3 is 20.5 Å². The molecule has 1 heterocycles.